The van der Waals surface area contributed by atoms with Crippen LogP contribution in [0.2, 0.25) is 0 Å². The lowest BCUT2D eigenvalue weighted by molar-refractivity contribution is 0.218. The van der Waals surface area contributed by atoms with Crippen molar-refractivity contribution in [2.24, 2.45) is 10.8 Å². The predicted octanol–water partition coefficient (Wildman–Crippen LogP) is 1.98. The highest BCUT2D eigenvalue weighted by molar-refractivity contribution is 7.80. The van der Waals surface area contributed by atoms with Gasteiger partial charge in [0.25, 0.3) is 0 Å². The van der Waals surface area contributed by atoms with Gasteiger partial charge in [-0.3, -0.25) is 10.3 Å². The summed E-state index contributed by atoms with van der Waals surface area (Å²) in [5.74, 6) is -0.199. The van der Waals surface area contributed by atoms with Crippen LogP contribution in [0.5, 0.6) is 0 Å². The van der Waals surface area contributed by atoms with E-state index >= 15 is 0 Å². The second kappa shape index (κ2) is 7.31. The zero-order valence-corrected chi connectivity index (χ0v) is 12.1. The summed E-state index contributed by atoms with van der Waals surface area (Å²) in [6.07, 6.45) is 5.19. The molecule has 1 saturated heterocycles. The highest BCUT2D eigenvalue weighted by Crippen LogP contribution is 2.16. The molecule has 0 spiro atoms. The van der Waals surface area contributed by atoms with Gasteiger partial charge in [-0.25, -0.2) is 4.39 Å². The molecule has 3 N–H and O–H groups in total. The van der Waals surface area contributed by atoms with Crippen LogP contribution in [-0.4, -0.2) is 29.3 Å². The molecule has 1 aliphatic heterocycles. The monoisotopic (exact) mass is 294 g/mol. The quantitative estimate of drug-likeness (QED) is 0.506. The van der Waals surface area contributed by atoms with E-state index in [1.807, 2.05) is 12.1 Å². The molecule has 0 radical (unpaired) electrons. The van der Waals surface area contributed by atoms with E-state index in [0.29, 0.717) is 12.1 Å². The third-order valence-electron chi connectivity index (χ3n) is 3.31. The van der Waals surface area contributed by atoms with Gasteiger partial charge < -0.3 is 5.73 Å². The predicted molar refractivity (Wildman–Crippen MR) is 83.0 cm³/mol. The molecule has 1 fully saturated rings. The third-order valence-corrected chi connectivity index (χ3v) is 3.40. The average molecular weight is 294 g/mol. The molecule has 0 aromatic heterocycles. The number of rotatable bonds is 4. The molecule has 0 saturated carbocycles. The second-order valence-corrected chi connectivity index (χ2v) is 5.36. The number of thiocarbonyl (C=S) groups is 1. The summed E-state index contributed by atoms with van der Waals surface area (Å²) in [6, 6.07) is 5.13. The minimum atomic E-state index is -0.199. The maximum atomic E-state index is 14.0. The first-order valence-electron chi connectivity index (χ1n) is 6.74. The number of hydrogen-bond donors (Lipinski definition) is 2. The van der Waals surface area contributed by atoms with Crippen LogP contribution in [0.4, 0.5) is 4.39 Å². The van der Waals surface area contributed by atoms with Crippen molar-refractivity contribution in [3.63, 3.8) is 0 Å². The lowest BCUT2D eigenvalue weighted by Gasteiger charge is -2.26. The Morgan fingerprint density at radius 2 is 2.15 bits per heavy atom. The van der Waals surface area contributed by atoms with Crippen LogP contribution in [0.15, 0.2) is 23.3 Å². The van der Waals surface area contributed by atoms with E-state index < -0.39 is 0 Å². The van der Waals surface area contributed by atoms with Gasteiger partial charge in [0.05, 0.1) is 6.21 Å². The Labute approximate surface area is 123 Å². The molecule has 1 heterocycles. The molecule has 4 nitrogen and oxygen atoms in total. The Morgan fingerprint density at radius 3 is 2.80 bits per heavy atom. The first-order valence-corrected chi connectivity index (χ1v) is 7.15. The van der Waals surface area contributed by atoms with E-state index in [4.69, 9.17) is 5.73 Å². The van der Waals surface area contributed by atoms with Crippen LogP contribution in [0.25, 0.3) is 0 Å². The average Bonchev–Trinajstić information content (AvgIpc) is 2.42. The molecule has 1 aromatic rings. The van der Waals surface area contributed by atoms with Crippen LogP contribution in [-0.2, 0) is 6.54 Å². The van der Waals surface area contributed by atoms with Crippen LogP contribution < -0.4 is 11.2 Å². The molecule has 0 unspecified atom stereocenters. The molecular weight excluding hydrogens is 275 g/mol. The number of nitrogens with two attached hydrogens (primary N) is 1. The Hall–Kier alpha value is -1.53. The molecule has 0 atom stereocenters. The number of halogens is 1. The van der Waals surface area contributed by atoms with Gasteiger partial charge >= 0.3 is 0 Å². The summed E-state index contributed by atoms with van der Waals surface area (Å²) in [5, 5.41) is 3.90. The fraction of sp³-hybridized carbons (Fsp3) is 0.429. The van der Waals surface area contributed by atoms with E-state index in [1.54, 1.807) is 0 Å². The number of likely N-dealkylation sites (tertiary alicyclic amines) is 1. The highest BCUT2D eigenvalue weighted by Gasteiger charge is 2.12. The van der Waals surface area contributed by atoms with Crippen molar-refractivity contribution in [3.8, 4) is 0 Å². The van der Waals surface area contributed by atoms with Gasteiger partial charge in [-0.05, 0) is 49.8 Å². The standard InChI is InChI=1S/C14H19FN4S/c15-13-8-11(9-17-18-14(16)20)4-5-12(13)10-19-6-2-1-3-7-19/h4-5,8-9H,1-3,6-7,10H2,(H3,16,18,20). The lowest BCUT2D eigenvalue weighted by Crippen LogP contribution is -2.29. The summed E-state index contributed by atoms with van der Waals surface area (Å²) in [7, 11) is 0. The Balaban J connectivity index is 1.98. The fourth-order valence-corrected chi connectivity index (χ4v) is 2.35. The van der Waals surface area contributed by atoms with Crippen molar-refractivity contribution < 1.29 is 4.39 Å². The van der Waals surface area contributed by atoms with Gasteiger partial charge in [0.15, 0.2) is 5.11 Å². The zero-order valence-electron chi connectivity index (χ0n) is 11.3. The maximum absolute atomic E-state index is 14.0. The molecule has 0 amide bonds. The zero-order chi connectivity index (χ0) is 14.4. The normalized spacial score (nSPS) is 16.4. The van der Waals surface area contributed by atoms with Crippen molar-refractivity contribution in [3.05, 3.63) is 35.1 Å². The Kier molecular flexibility index (Phi) is 5.43. The second-order valence-electron chi connectivity index (χ2n) is 4.92. The van der Waals surface area contributed by atoms with Crippen LogP contribution >= 0.6 is 12.2 Å². The molecule has 1 aliphatic rings. The Bertz CT molecular complexity index is 498. The van der Waals surface area contributed by atoms with Crippen LogP contribution in [0, 0.1) is 5.82 Å². The van der Waals surface area contributed by atoms with Crippen molar-refractivity contribution in [2.75, 3.05) is 13.1 Å². The smallest absolute Gasteiger partial charge is 0.184 e. The van der Waals surface area contributed by atoms with Gasteiger partial charge in [0.1, 0.15) is 5.82 Å². The lowest BCUT2D eigenvalue weighted by atomic mass is 10.1. The molecule has 2 rings (SSSR count). The summed E-state index contributed by atoms with van der Waals surface area (Å²) in [6.45, 7) is 2.79. The molecular formula is C14H19FN4S. The largest absolute Gasteiger partial charge is 0.375 e. The van der Waals surface area contributed by atoms with E-state index in [1.165, 1.54) is 31.5 Å². The third kappa shape index (κ3) is 4.54. The summed E-state index contributed by atoms with van der Waals surface area (Å²) >= 11 is 4.62. The minimum Gasteiger partial charge on any atom is -0.375 e. The summed E-state index contributed by atoms with van der Waals surface area (Å²) < 4.78 is 14.0. The van der Waals surface area contributed by atoms with Crippen molar-refractivity contribution in [1.82, 2.24) is 10.3 Å². The molecule has 0 bridgehead atoms. The first kappa shape index (κ1) is 14.9. The van der Waals surface area contributed by atoms with E-state index in [9.17, 15) is 4.39 Å². The number of piperidine rings is 1. The fourth-order valence-electron chi connectivity index (χ4n) is 2.30. The molecule has 20 heavy (non-hydrogen) atoms. The van der Waals surface area contributed by atoms with Gasteiger partial charge in [-0.2, -0.15) is 5.10 Å². The molecule has 6 heteroatoms. The van der Waals surface area contributed by atoms with Gasteiger partial charge in [0.2, 0.25) is 0 Å². The highest BCUT2D eigenvalue weighted by atomic mass is 32.1. The van der Waals surface area contributed by atoms with Gasteiger partial charge in [-0.15, -0.1) is 0 Å². The SMILES string of the molecule is NC(=S)NN=Cc1ccc(CN2CCCCC2)c(F)c1. The van der Waals surface area contributed by atoms with E-state index in [2.05, 4.69) is 27.6 Å². The van der Waals surface area contributed by atoms with Crippen molar-refractivity contribution in [2.45, 2.75) is 25.8 Å². The van der Waals surface area contributed by atoms with Crippen LogP contribution in [0.1, 0.15) is 30.4 Å². The number of nitrogens with one attached hydrogen (secondary N) is 1. The maximum Gasteiger partial charge on any atom is 0.184 e. The van der Waals surface area contributed by atoms with E-state index in [-0.39, 0.29) is 10.9 Å². The first-order chi connectivity index (χ1) is 9.65. The molecule has 108 valence electrons. The van der Waals surface area contributed by atoms with Gasteiger partial charge in [-0.1, -0.05) is 18.6 Å². The summed E-state index contributed by atoms with van der Waals surface area (Å²) in [4.78, 5) is 2.30. The molecule has 1 aromatic carbocycles. The number of nitrogens with zero attached hydrogens (tertiary/aromatic N) is 2. The topological polar surface area (TPSA) is 53.6 Å². The summed E-state index contributed by atoms with van der Waals surface area (Å²) in [5.41, 5.74) is 9.09. The minimum absolute atomic E-state index is 0.0865. The van der Waals surface area contributed by atoms with E-state index in [0.717, 1.165) is 18.7 Å². The number of benzene rings is 1. The van der Waals surface area contributed by atoms with Crippen molar-refractivity contribution >= 4 is 23.5 Å². The van der Waals surface area contributed by atoms with Gasteiger partial charge in [0, 0.05) is 12.1 Å². The van der Waals surface area contributed by atoms with Crippen LogP contribution in [0.3, 0.4) is 0 Å². The Morgan fingerprint density at radius 1 is 1.40 bits per heavy atom. The molecule has 0 aliphatic carbocycles. The van der Waals surface area contributed by atoms with Crippen molar-refractivity contribution in [1.29, 1.82) is 0 Å². The number of hydrazone groups is 1. The number of hydrogen-bond acceptors (Lipinski definition) is 3.